The molecule has 1 aliphatic rings. The van der Waals surface area contributed by atoms with Crippen molar-refractivity contribution in [3.05, 3.63) is 28.2 Å². The fourth-order valence-corrected chi connectivity index (χ4v) is 2.56. The summed E-state index contributed by atoms with van der Waals surface area (Å²) in [6.07, 6.45) is 4.85. The van der Waals surface area contributed by atoms with E-state index in [9.17, 15) is 0 Å². The maximum Gasteiger partial charge on any atom is 0.101 e. The number of halogens is 1. The summed E-state index contributed by atoms with van der Waals surface area (Å²) in [5, 5.41) is 3.42. The van der Waals surface area contributed by atoms with Crippen LogP contribution in [-0.2, 0) is 0 Å². The Morgan fingerprint density at radius 2 is 2.06 bits per heavy atom. The summed E-state index contributed by atoms with van der Waals surface area (Å²) in [6.45, 7) is 3.07. The predicted molar refractivity (Wildman–Crippen MR) is 73.3 cm³/mol. The minimum Gasteiger partial charge on any atom is -0.344 e. The van der Waals surface area contributed by atoms with Crippen LogP contribution in [0.3, 0.4) is 0 Å². The van der Waals surface area contributed by atoms with Crippen LogP contribution in [0.2, 0.25) is 0 Å². The number of anilines is 1. The minimum atomic E-state index is 0.968. The van der Waals surface area contributed by atoms with Crippen molar-refractivity contribution in [1.29, 1.82) is 0 Å². The molecule has 86 valence electrons. The third-order valence-electron chi connectivity index (χ3n) is 2.71. The lowest BCUT2D eigenvalue weighted by atomic mass is 10.2. The number of nitrogens with zero attached hydrogens (tertiary/aromatic N) is 1. The maximum atomic E-state index is 4.57. The van der Waals surface area contributed by atoms with Gasteiger partial charge < -0.3 is 5.32 Å². The van der Waals surface area contributed by atoms with Crippen LogP contribution in [0.4, 0.5) is 5.69 Å². The van der Waals surface area contributed by atoms with E-state index in [2.05, 4.69) is 51.4 Å². The Kier molecular flexibility index (Phi) is 3.99. The Morgan fingerprint density at radius 1 is 1.19 bits per heavy atom. The highest BCUT2D eigenvalue weighted by Gasteiger charge is 2.05. The summed E-state index contributed by atoms with van der Waals surface area (Å²) >= 11 is 3.51. The van der Waals surface area contributed by atoms with Gasteiger partial charge in [0, 0.05) is 23.1 Å². The number of rotatable bonds is 1. The molecular formula is C13H17BrN2. The maximum absolute atomic E-state index is 4.57. The summed E-state index contributed by atoms with van der Waals surface area (Å²) in [6, 6.07) is 6.36. The third-order valence-corrected chi connectivity index (χ3v) is 3.16. The van der Waals surface area contributed by atoms with Crippen molar-refractivity contribution in [2.45, 2.75) is 32.6 Å². The highest BCUT2D eigenvalue weighted by Crippen LogP contribution is 2.20. The molecule has 1 N–H and O–H groups in total. The van der Waals surface area contributed by atoms with Crippen LogP contribution in [0, 0.1) is 6.92 Å². The Labute approximate surface area is 105 Å². The van der Waals surface area contributed by atoms with Crippen LogP contribution in [-0.4, -0.2) is 12.4 Å². The first-order valence-corrected chi connectivity index (χ1v) is 6.61. The van der Waals surface area contributed by atoms with E-state index < -0.39 is 0 Å². The summed E-state index contributed by atoms with van der Waals surface area (Å²) in [5.41, 5.74) is 2.39. The van der Waals surface area contributed by atoms with Crippen molar-refractivity contribution in [1.82, 2.24) is 0 Å². The molecule has 0 saturated heterocycles. The second kappa shape index (κ2) is 5.48. The van der Waals surface area contributed by atoms with Gasteiger partial charge in [-0.05, 0) is 43.5 Å². The second-order valence-electron chi connectivity index (χ2n) is 4.28. The van der Waals surface area contributed by atoms with Gasteiger partial charge in [-0.15, -0.1) is 0 Å². The molecule has 0 aliphatic carbocycles. The monoisotopic (exact) mass is 280 g/mol. The van der Waals surface area contributed by atoms with Crippen molar-refractivity contribution < 1.29 is 0 Å². The lowest BCUT2D eigenvalue weighted by molar-refractivity contribution is 0.731. The normalized spacial score (nSPS) is 16.5. The highest BCUT2D eigenvalue weighted by atomic mass is 79.9. The van der Waals surface area contributed by atoms with Gasteiger partial charge >= 0.3 is 0 Å². The van der Waals surface area contributed by atoms with Gasteiger partial charge in [0.05, 0.1) is 0 Å². The van der Waals surface area contributed by atoms with E-state index in [0.717, 1.165) is 29.0 Å². The van der Waals surface area contributed by atoms with Gasteiger partial charge in [0.1, 0.15) is 5.84 Å². The van der Waals surface area contributed by atoms with E-state index in [4.69, 9.17) is 0 Å². The molecule has 0 saturated carbocycles. The van der Waals surface area contributed by atoms with Crippen LogP contribution in [0.25, 0.3) is 0 Å². The molecule has 0 bridgehead atoms. The lowest BCUT2D eigenvalue weighted by Gasteiger charge is -2.09. The molecule has 0 amide bonds. The smallest absolute Gasteiger partial charge is 0.101 e. The fourth-order valence-electron chi connectivity index (χ4n) is 1.95. The number of benzene rings is 1. The molecule has 0 spiro atoms. The number of nitrogens with one attached hydrogen (secondary N) is 1. The van der Waals surface area contributed by atoms with E-state index in [1.807, 2.05) is 0 Å². The predicted octanol–water partition coefficient (Wildman–Crippen LogP) is 4.14. The number of amidine groups is 1. The topological polar surface area (TPSA) is 24.4 Å². The number of hydrogen-bond acceptors (Lipinski definition) is 2. The third kappa shape index (κ3) is 3.34. The molecule has 1 aromatic rings. The molecule has 1 aliphatic heterocycles. The van der Waals surface area contributed by atoms with Crippen LogP contribution < -0.4 is 5.32 Å². The van der Waals surface area contributed by atoms with E-state index in [1.54, 1.807) is 0 Å². The Morgan fingerprint density at radius 3 is 2.88 bits per heavy atom. The molecule has 0 fully saturated rings. The molecule has 1 heterocycles. The molecular weight excluding hydrogens is 264 g/mol. The molecule has 2 rings (SSSR count). The average Bonchev–Trinajstić information content (AvgIpc) is 2.44. The van der Waals surface area contributed by atoms with Gasteiger partial charge in [0.25, 0.3) is 0 Å². The molecule has 0 unspecified atom stereocenters. The van der Waals surface area contributed by atoms with Gasteiger partial charge in [0.2, 0.25) is 0 Å². The van der Waals surface area contributed by atoms with Crippen LogP contribution in [0.5, 0.6) is 0 Å². The Balaban J connectivity index is 2.10. The fraction of sp³-hybridized carbons (Fsp3) is 0.462. The zero-order valence-corrected chi connectivity index (χ0v) is 11.2. The summed E-state index contributed by atoms with van der Waals surface area (Å²) < 4.78 is 1.12. The largest absolute Gasteiger partial charge is 0.344 e. The number of hydrogen-bond donors (Lipinski definition) is 1. The minimum absolute atomic E-state index is 0.968. The highest BCUT2D eigenvalue weighted by molar-refractivity contribution is 9.10. The van der Waals surface area contributed by atoms with Gasteiger partial charge in [-0.1, -0.05) is 22.4 Å². The lowest BCUT2D eigenvalue weighted by Crippen LogP contribution is -2.11. The van der Waals surface area contributed by atoms with E-state index in [-0.39, 0.29) is 0 Å². The van der Waals surface area contributed by atoms with Gasteiger partial charge in [-0.3, -0.25) is 4.99 Å². The quantitative estimate of drug-likeness (QED) is 0.822. The molecule has 2 nitrogen and oxygen atoms in total. The average molecular weight is 281 g/mol. The number of aliphatic imine (C=N–C) groups is 1. The molecule has 1 aromatic carbocycles. The van der Waals surface area contributed by atoms with Crippen molar-refractivity contribution in [3.8, 4) is 0 Å². The molecule has 3 heteroatoms. The Hall–Kier alpha value is -0.830. The zero-order valence-electron chi connectivity index (χ0n) is 9.59. The van der Waals surface area contributed by atoms with E-state index >= 15 is 0 Å². The van der Waals surface area contributed by atoms with Crippen LogP contribution >= 0.6 is 15.9 Å². The molecule has 0 atom stereocenters. The van der Waals surface area contributed by atoms with E-state index in [0.29, 0.717) is 0 Å². The SMILES string of the molecule is Cc1cc(Br)cc(NC2=NCCCCC2)c1. The number of aryl methyl sites for hydroxylation is 1. The summed E-state index contributed by atoms with van der Waals surface area (Å²) in [4.78, 5) is 4.57. The summed E-state index contributed by atoms with van der Waals surface area (Å²) in [7, 11) is 0. The van der Waals surface area contributed by atoms with Crippen molar-refractivity contribution in [2.24, 2.45) is 4.99 Å². The first-order chi connectivity index (χ1) is 7.74. The molecule has 0 radical (unpaired) electrons. The standard InChI is InChI=1S/C13H17BrN2/c1-10-7-11(14)9-12(8-10)16-13-5-3-2-4-6-15-13/h7-9H,2-6H2,1H3,(H,15,16). The zero-order chi connectivity index (χ0) is 11.4. The van der Waals surface area contributed by atoms with Gasteiger partial charge in [0.15, 0.2) is 0 Å². The van der Waals surface area contributed by atoms with Crippen LogP contribution in [0.1, 0.15) is 31.2 Å². The van der Waals surface area contributed by atoms with Gasteiger partial charge in [-0.2, -0.15) is 0 Å². The van der Waals surface area contributed by atoms with Gasteiger partial charge in [-0.25, -0.2) is 0 Å². The van der Waals surface area contributed by atoms with Crippen molar-refractivity contribution >= 4 is 27.5 Å². The first-order valence-electron chi connectivity index (χ1n) is 5.81. The Bertz CT molecular complexity index is 379. The first kappa shape index (κ1) is 11.6. The van der Waals surface area contributed by atoms with Crippen molar-refractivity contribution in [2.75, 3.05) is 11.9 Å². The summed E-state index contributed by atoms with van der Waals surface area (Å²) in [5.74, 6) is 1.13. The van der Waals surface area contributed by atoms with E-state index in [1.165, 1.54) is 24.8 Å². The second-order valence-corrected chi connectivity index (χ2v) is 5.20. The molecule has 0 aromatic heterocycles. The molecule has 16 heavy (non-hydrogen) atoms. The van der Waals surface area contributed by atoms with Crippen LogP contribution in [0.15, 0.2) is 27.7 Å². The van der Waals surface area contributed by atoms with Crippen molar-refractivity contribution in [3.63, 3.8) is 0 Å².